The summed E-state index contributed by atoms with van der Waals surface area (Å²) in [6.07, 6.45) is 0.703. The highest BCUT2D eigenvalue weighted by Crippen LogP contribution is 2.16. The number of carbonyl (C=O) groups is 2. The van der Waals surface area contributed by atoms with Gasteiger partial charge in [0.1, 0.15) is 5.75 Å². The van der Waals surface area contributed by atoms with Crippen LogP contribution < -0.4 is 10.1 Å². The highest BCUT2D eigenvalue weighted by atomic mass is 16.5. The lowest BCUT2D eigenvalue weighted by atomic mass is 10.2. The number of carbonyl (C=O) groups excluding carboxylic acids is 2. The van der Waals surface area contributed by atoms with Gasteiger partial charge in [-0.1, -0.05) is 30.3 Å². The molecule has 2 rings (SSSR count). The Balaban J connectivity index is 1.96. The summed E-state index contributed by atoms with van der Waals surface area (Å²) >= 11 is 0. The highest BCUT2D eigenvalue weighted by molar-refractivity contribution is 5.92. The summed E-state index contributed by atoms with van der Waals surface area (Å²) in [6, 6.07) is 14.3. The third kappa shape index (κ3) is 3.45. The minimum absolute atomic E-state index is 0.140. The number of hydrogen-bond acceptors (Lipinski definition) is 3. The van der Waals surface area contributed by atoms with Gasteiger partial charge >= 0.3 is 0 Å². The molecule has 0 fully saturated rings. The Morgan fingerprint density at radius 3 is 2.60 bits per heavy atom. The number of rotatable bonds is 5. The van der Waals surface area contributed by atoms with Crippen molar-refractivity contribution in [1.29, 1.82) is 0 Å². The Morgan fingerprint density at radius 1 is 1.15 bits per heavy atom. The van der Waals surface area contributed by atoms with Crippen molar-refractivity contribution < 1.29 is 14.3 Å². The average molecular weight is 269 g/mol. The largest absolute Gasteiger partial charge is 0.483 e. The molecule has 0 saturated heterocycles. The van der Waals surface area contributed by atoms with Crippen molar-refractivity contribution in [3.05, 3.63) is 59.7 Å². The van der Waals surface area contributed by atoms with Gasteiger partial charge in [-0.15, -0.1) is 0 Å². The first-order valence-electron chi connectivity index (χ1n) is 6.23. The SMILES string of the molecule is Cc1ccccc1NC(=O)COc1ccccc1C=O. The number of nitrogens with one attached hydrogen (secondary N) is 1. The molecule has 0 radical (unpaired) electrons. The van der Waals surface area contributed by atoms with Crippen molar-refractivity contribution in [2.45, 2.75) is 6.92 Å². The fourth-order valence-electron chi connectivity index (χ4n) is 1.75. The van der Waals surface area contributed by atoms with E-state index < -0.39 is 0 Å². The quantitative estimate of drug-likeness (QED) is 0.849. The number of para-hydroxylation sites is 2. The van der Waals surface area contributed by atoms with Gasteiger partial charge < -0.3 is 10.1 Å². The van der Waals surface area contributed by atoms with Gasteiger partial charge in [0.15, 0.2) is 12.9 Å². The van der Waals surface area contributed by atoms with E-state index in [2.05, 4.69) is 5.32 Å². The molecule has 0 bridgehead atoms. The predicted molar refractivity (Wildman–Crippen MR) is 77.1 cm³/mol. The first kappa shape index (κ1) is 13.8. The normalized spacial score (nSPS) is 9.85. The molecule has 0 atom stereocenters. The zero-order valence-electron chi connectivity index (χ0n) is 11.1. The number of anilines is 1. The molecule has 4 heteroatoms. The summed E-state index contributed by atoms with van der Waals surface area (Å²) in [5.74, 6) is 0.141. The van der Waals surface area contributed by atoms with Gasteiger partial charge in [-0.05, 0) is 30.7 Å². The summed E-state index contributed by atoms with van der Waals surface area (Å²) < 4.78 is 5.36. The van der Waals surface area contributed by atoms with Crippen molar-refractivity contribution in [1.82, 2.24) is 0 Å². The first-order valence-corrected chi connectivity index (χ1v) is 6.23. The minimum Gasteiger partial charge on any atom is -0.483 e. The van der Waals surface area contributed by atoms with Crippen molar-refractivity contribution in [3.8, 4) is 5.75 Å². The minimum atomic E-state index is -0.264. The highest BCUT2D eigenvalue weighted by Gasteiger charge is 2.07. The molecule has 102 valence electrons. The molecule has 1 amide bonds. The standard InChI is InChI=1S/C16H15NO3/c1-12-6-2-4-8-14(12)17-16(19)11-20-15-9-5-3-7-13(15)10-18/h2-10H,11H2,1H3,(H,17,19). The topological polar surface area (TPSA) is 55.4 Å². The lowest BCUT2D eigenvalue weighted by molar-refractivity contribution is -0.118. The van der Waals surface area contributed by atoms with Crippen LogP contribution in [0.25, 0.3) is 0 Å². The number of aryl methyl sites for hydroxylation is 1. The van der Waals surface area contributed by atoms with Gasteiger partial charge in [-0.25, -0.2) is 0 Å². The van der Waals surface area contributed by atoms with Crippen LogP contribution in [0.2, 0.25) is 0 Å². The van der Waals surface area contributed by atoms with Crippen LogP contribution in [0, 0.1) is 6.92 Å². The van der Waals surface area contributed by atoms with E-state index in [1.54, 1.807) is 24.3 Å². The third-order valence-electron chi connectivity index (χ3n) is 2.82. The summed E-state index contributed by atoms with van der Waals surface area (Å²) in [4.78, 5) is 22.6. The Labute approximate surface area is 117 Å². The fraction of sp³-hybridized carbons (Fsp3) is 0.125. The maximum Gasteiger partial charge on any atom is 0.262 e. The Kier molecular flexibility index (Phi) is 4.50. The Morgan fingerprint density at radius 2 is 1.85 bits per heavy atom. The Bertz CT molecular complexity index is 623. The lowest BCUT2D eigenvalue weighted by Gasteiger charge is -2.10. The summed E-state index contributed by atoms with van der Waals surface area (Å²) in [7, 11) is 0. The van der Waals surface area contributed by atoms with Crippen LogP contribution in [-0.2, 0) is 4.79 Å². The van der Waals surface area contributed by atoms with E-state index in [-0.39, 0.29) is 12.5 Å². The summed E-state index contributed by atoms with van der Waals surface area (Å²) in [5, 5.41) is 2.77. The van der Waals surface area contributed by atoms with Crippen LogP contribution in [0.1, 0.15) is 15.9 Å². The van der Waals surface area contributed by atoms with E-state index in [9.17, 15) is 9.59 Å². The molecule has 2 aromatic carbocycles. The maximum atomic E-state index is 11.8. The van der Waals surface area contributed by atoms with Gasteiger partial charge in [-0.3, -0.25) is 9.59 Å². The van der Waals surface area contributed by atoms with E-state index in [1.807, 2.05) is 31.2 Å². The molecular formula is C16H15NO3. The van der Waals surface area contributed by atoms with Crippen LogP contribution in [-0.4, -0.2) is 18.8 Å². The van der Waals surface area contributed by atoms with Crippen LogP contribution in [0.5, 0.6) is 5.75 Å². The van der Waals surface area contributed by atoms with E-state index in [0.29, 0.717) is 17.6 Å². The van der Waals surface area contributed by atoms with Gasteiger partial charge in [0.2, 0.25) is 0 Å². The molecule has 4 nitrogen and oxygen atoms in total. The molecule has 20 heavy (non-hydrogen) atoms. The number of ether oxygens (including phenoxy) is 1. The van der Waals surface area contributed by atoms with Crippen LogP contribution >= 0.6 is 0 Å². The number of aldehydes is 1. The molecule has 0 spiro atoms. The molecule has 0 unspecified atom stereocenters. The zero-order valence-corrected chi connectivity index (χ0v) is 11.1. The third-order valence-corrected chi connectivity index (χ3v) is 2.82. The van der Waals surface area contributed by atoms with Crippen molar-refractivity contribution in [2.75, 3.05) is 11.9 Å². The van der Waals surface area contributed by atoms with Gasteiger partial charge in [0.25, 0.3) is 5.91 Å². The monoisotopic (exact) mass is 269 g/mol. The first-order chi connectivity index (χ1) is 9.70. The zero-order chi connectivity index (χ0) is 14.4. The van der Waals surface area contributed by atoms with Gasteiger partial charge in [-0.2, -0.15) is 0 Å². The smallest absolute Gasteiger partial charge is 0.262 e. The number of benzene rings is 2. The van der Waals surface area contributed by atoms with E-state index in [1.165, 1.54) is 0 Å². The maximum absolute atomic E-state index is 11.8. The van der Waals surface area contributed by atoms with Crippen molar-refractivity contribution in [3.63, 3.8) is 0 Å². The molecule has 0 aliphatic rings. The van der Waals surface area contributed by atoms with Crippen LogP contribution in [0.3, 0.4) is 0 Å². The fourth-order valence-corrected chi connectivity index (χ4v) is 1.75. The molecule has 0 aliphatic carbocycles. The van der Waals surface area contributed by atoms with Crippen LogP contribution in [0.15, 0.2) is 48.5 Å². The van der Waals surface area contributed by atoms with E-state index in [0.717, 1.165) is 11.3 Å². The second kappa shape index (κ2) is 6.52. The van der Waals surface area contributed by atoms with Crippen molar-refractivity contribution in [2.24, 2.45) is 0 Å². The molecule has 0 aromatic heterocycles. The molecular weight excluding hydrogens is 254 g/mol. The molecule has 0 heterocycles. The van der Waals surface area contributed by atoms with Crippen LogP contribution in [0.4, 0.5) is 5.69 Å². The lowest BCUT2D eigenvalue weighted by Crippen LogP contribution is -2.20. The summed E-state index contributed by atoms with van der Waals surface area (Å²) in [5.41, 5.74) is 2.16. The number of hydrogen-bond donors (Lipinski definition) is 1. The number of amides is 1. The molecule has 1 N–H and O–H groups in total. The summed E-state index contributed by atoms with van der Waals surface area (Å²) in [6.45, 7) is 1.78. The second-order valence-electron chi connectivity index (χ2n) is 4.31. The molecule has 2 aromatic rings. The van der Waals surface area contributed by atoms with E-state index in [4.69, 9.17) is 4.74 Å². The predicted octanol–water partition coefficient (Wildman–Crippen LogP) is 2.83. The molecule has 0 saturated carbocycles. The van der Waals surface area contributed by atoms with E-state index >= 15 is 0 Å². The van der Waals surface area contributed by atoms with Gasteiger partial charge in [0.05, 0.1) is 5.56 Å². The Hall–Kier alpha value is -2.62. The van der Waals surface area contributed by atoms with Gasteiger partial charge in [0, 0.05) is 5.69 Å². The van der Waals surface area contributed by atoms with Crippen molar-refractivity contribution >= 4 is 17.9 Å². The average Bonchev–Trinajstić information content (AvgIpc) is 2.48. The second-order valence-corrected chi connectivity index (χ2v) is 4.31. The molecule has 0 aliphatic heterocycles.